The number of nitrogens with zero attached hydrogens (tertiary/aromatic N) is 5. The standard InChI is InChI=1S/C25H31N7OS/c1-4-30(5-2)15-16-31-21-12-7-6-11-20(21)26-24(31)27-22(33)13-14-32-23(28-29-25(32)34)19-10-8-9-18(3)17-19/h6-12,17H,4-5,13-16H2,1-3H3,(H,29,34)(H,26,27,33). The Hall–Kier alpha value is -3.30. The number of hydrogen-bond donors (Lipinski definition) is 2. The van der Waals surface area contributed by atoms with Gasteiger partial charge >= 0.3 is 0 Å². The predicted molar refractivity (Wildman–Crippen MR) is 138 cm³/mol. The molecule has 0 atom stereocenters. The number of rotatable bonds is 10. The molecule has 2 heterocycles. The Morgan fingerprint density at radius 2 is 1.88 bits per heavy atom. The van der Waals surface area contributed by atoms with E-state index < -0.39 is 0 Å². The molecule has 0 aliphatic carbocycles. The first-order valence-electron chi connectivity index (χ1n) is 11.7. The molecule has 0 aliphatic rings. The fourth-order valence-corrected chi connectivity index (χ4v) is 4.33. The highest BCUT2D eigenvalue weighted by Gasteiger charge is 2.15. The van der Waals surface area contributed by atoms with Crippen molar-refractivity contribution in [2.45, 2.75) is 40.3 Å². The van der Waals surface area contributed by atoms with Crippen molar-refractivity contribution >= 4 is 35.1 Å². The van der Waals surface area contributed by atoms with Gasteiger partial charge < -0.3 is 9.47 Å². The molecule has 0 fully saturated rings. The Labute approximate surface area is 204 Å². The number of fused-ring (bicyclic) bond motifs is 1. The van der Waals surface area contributed by atoms with Crippen molar-refractivity contribution in [3.05, 3.63) is 58.9 Å². The second kappa shape index (κ2) is 10.8. The van der Waals surface area contributed by atoms with Gasteiger partial charge in [-0.05, 0) is 50.4 Å². The van der Waals surface area contributed by atoms with Crippen molar-refractivity contribution in [1.82, 2.24) is 29.2 Å². The van der Waals surface area contributed by atoms with E-state index in [0.717, 1.165) is 54.2 Å². The maximum Gasteiger partial charge on any atom is 0.228 e. The minimum Gasteiger partial charge on any atom is -0.309 e. The molecule has 0 aliphatic heterocycles. The average molecular weight is 478 g/mol. The number of anilines is 1. The number of carbonyl (C=O) groups excluding carboxylic acids is 1. The minimum atomic E-state index is -0.113. The van der Waals surface area contributed by atoms with Crippen LogP contribution in [0.2, 0.25) is 0 Å². The maximum atomic E-state index is 12.9. The van der Waals surface area contributed by atoms with Crippen LogP contribution in [0.3, 0.4) is 0 Å². The van der Waals surface area contributed by atoms with Gasteiger partial charge in [-0.3, -0.25) is 19.8 Å². The van der Waals surface area contributed by atoms with Gasteiger partial charge in [0.1, 0.15) is 0 Å². The van der Waals surface area contributed by atoms with E-state index in [1.54, 1.807) is 0 Å². The van der Waals surface area contributed by atoms with Crippen molar-refractivity contribution in [3.8, 4) is 11.4 Å². The molecule has 0 saturated carbocycles. The molecule has 0 spiro atoms. The van der Waals surface area contributed by atoms with E-state index in [9.17, 15) is 4.79 Å². The second-order valence-electron chi connectivity index (χ2n) is 8.27. The highest BCUT2D eigenvalue weighted by Crippen LogP contribution is 2.21. The summed E-state index contributed by atoms with van der Waals surface area (Å²) in [5.41, 5.74) is 3.99. The number of carbonyl (C=O) groups is 1. The van der Waals surface area contributed by atoms with Gasteiger partial charge in [-0.1, -0.05) is 49.7 Å². The fraction of sp³-hybridized carbons (Fsp3) is 0.360. The van der Waals surface area contributed by atoms with Gasteiger partial charge in [0.2, 0.25) is 11.9 Å². The van der Waals surface area contributed by atoms with Gasteiger partial charge in [0.15, 0.2) is 10.6 Å². The third kappa shape index (κ3) is 5.26. The molecule has 1 amide bonds. The number of likely N-dealkylation sites (N-methyl/N-ethyl adjacent to an activating group) is 1. The summed E-state index contributed by atoms with van der Waals surface area (Å²) in [6, 6.07) is 16.0. The molecule has 0 bridgehead atoms. The Balaban J connectivity index is 1.50. The van der Waals surface area contributed by atoms with Crippen molar-refractivity contribution in [1.29, 1.82) is 0 Å². The largest absolute Gasteiger partial charge is 0.309 e. The van der Waals surface area contributed by atoms with Crippen molar-refractivity contribution in [2.75, 3.05) is 25.0 Å². The highest BCUT2D eigenvalue weighted by molar-refractivity contribution is 7.71. The fourth-order valence-electron chi connectivity index (χ4n) is 4.11. The molecular formula is C25H31N7OS. The number of benzene rings is 2. The third-order valence-corrected chi connectivity index (χ3v) is 6.35. The number of H-pyrrole nitrogens is 1. The van der Waals surface area contributed by atoms with Gasteiger partial charge in [0, 0.05) is 31.6 Å². The van der Waals surface area contributed by atoms with Crippen molar-refractivity contribution < 1.29 is 4.79 Å². The first kappa shape index (κ1) is 23.8. The number of imidazole rings is 1. The van der Waals surface area contributed by atoms with E-state index in [1.807, 2.05) is 54.0 Å². The summed E-state index contributed by atoms with van der Waals surface area (Å²) in [7, 11) is 0. The first-order valence-corrected chi connectivity index (χ1v) is 12.1. The normalized spacial score (nSPS) is 11.4. The molecule has 4 aromatic rings. The Kier molecular flexibility index (Phi) is 7.54. The molecule has 2 N–H and O–H groups in total. The molecule has 8 nitrogen and oxygen atoms in total. The van der Waals surface area contributed by atoms with Crippen LogP contribution in [0.1, 0.15) is 25.8 Å². The second-order valence-corrected chi connectivity index (χ2v) is 8.66. The Bertz CT molecular complexity index is 1330. The minimum absolute atomic E-state index is 0.113. The Morgan fingerprint density at radius 3 is 2.65 bits per heavy atom. The molecule has 0 unspecified atom stereocenters. The van der Waals surface area contributed by atoms with Gasteiger partial charge in [0.05, 0.1) is 11.0 Å². The molecule has 2 aromatic heterocycles. The summed E-state index contributed by atoms with van der Waals surface area (Å²) in [6.45, 7) is 10.4. The zero-order chi connectivity index (χ0) is 24.1. The third-order valence-electron chi connectivity index (χ3n) is 6.04. The SMILES string of the molecule is CCN(CC)CCn1c(NC(=O)CCn2c(-c3cccc(C)c3)n[nH]c2=S)nc2ccccc21. The zero-order valence-corrected chi connectivity index (χ0v) is 20.7. The lowest BCUT2D eigenvalue weighted by molar-refractivity contribution is -0.116. The van der Waals surface area contributed by atoms with E-state index in [0.29, 0.717) is 17.3 Å². The van der Waals surface area contributed by atoms with Crippen LogP contribution in [0.25, 0.3) is 22.4 Å². The van der Waals surface area contributed by atoms with Crippen LogP contribution in [-0.2, 0) is 17.9 Å². The van der Waals surface area contributed by atoms with Crippen LogP contribution in [0.4, 0.5) is 5.95 Å². The van der Waals surface area contributed by atoms with Gasteiger partial charge in [-0.15, -0.1) is 0 Å². The Morgan fingerprint density at radius 1 is 1.09 bits per heavy atom. The van der Waals surface area contributed by atoms with Gasteiger partial charge in [0.25, 0.3) is 0 Å². The number of hydrogen-bond acceptors (Lipinski definition) is 5. The summed E-state index contributed by atoms with van der Waals surface area (Å²) in [5.74, 6) is 1.19. The van der Waals surface area contributed by atoms with Crippen LogP contribution in [0.5, 0.6) is 0 Å². The summed E-state index contributed by atoms with van der Waals surface area (Å²) >= 11 is 5.43. The number of nitrogens with one attached hydrogen (secondary N) is 2. The predicted octanol–water partition coefficient (Wildman–Crippen LogP) is 4.64. The van der Waals surface area contributed by atoms with Gasteiger partial charge in [-0.25, -0.2) is 4.98 Å². The van der Waals surface area contributed by atoms with Gasteiger partial charge in [-0.2, -0.15) is 5.10 Å². The number of aryl methyl sites for hydroxylation is 1. The molecule has 0 saturated heterocycles. The van der Waals surface area contributed by atoms with Crippen molar-refractivity contribution in [3.63, 3.8) is 0 Å². The van der Waals surface area contributed by atoms with E-state index in [1.165, 1.54) is 0 Å². The van der Waals surface area contributed by atoms with E-state index in [2.05, 4.69) is 49.9 Å². The average Bonchev–Trinajstić information content (AvgIpc) is 3.38. The number of amides is 1. The summed E-state index contributed by atoms with van der Waals surface area (Å²) in [5, 5.41) is 10.3. The topological polar surface area (TPSA) is 83.8 Å². The molecule has 4 rings (SSSR count). The van der Waals surface area contributed by atoms with E-state index in [4.69, 9.17) is 12.2 Å². The van der Waals surface area contributed by atoms with Crippen LogP contribution in [-0.4, -0.2) is 54.8 Å². The summed E-state index contributed by atoms with van der Waals surface area (Å²) in [4.78, 5) is 20.0. The quantitative estimate of drug-likeness (QED) is 0.325. The number of para-hydroxylation sites is 2. The summed E-state index contributed by atoms with van der Waals surface area (Å²) < 4.78 is 4.45. The van der Waals surface area contributed by atoms with E-state index in [-0.39, 0.29) is 12.3 Å². The molecule has 178 valence electrons. The molecule has 2 aromatic carbocycles. The molecule has 34 heavy (non-hydrogen) atoms. The summed E-state index contributed by atoms with van der Waals surface area (Å²) in [6.07, 6.45) is 0.256. The first-order chi connectivity index (χ1) is 16.5. The van der Waals surface area contributed by atoms with Crippen LogP contribution in [0.15, 0.2) is 48.5 Å². The zero-order valence-electron chi connectivity index (χ0n) is 19.9. The molecular weight excluding hydrogens is 446 g/mol. The lowest BCUT2D eigenvalue weighted by atomic mass is 10.1. The van der Waals surface area contributed by atoms with Crippen LogP contribution < -0.4 is 5.32 Å². The molecule has 0 radical (unpaired) electrons. The lowest BCUT2D eigenvalue weighted by Gasteiger charge is -2.19. The number of aromatic nitrogens is 5. The molecule has 9 heteroatoms. The van der Waals surface area contributed by atoms with E-state index >= 15 is 0 Å². The number of aromatic amines is 1. The maximum absolute atomic E-state index is 12.9. The lowest BCUT2D eigenvalue weighted by Crippen LogP contribution is -2.27. The highest BCUT2D eigenvalue weighted by atomic mass is 32.1. The van der Waals surface area contributed by atoms with Crippen molar-refractivity contribution in [2.24, 2.45) is 0 Å². The van der Waals surface area contributed by atoms with Crippen LogP contribution >= 0.6 is 12.2 Å². The van der Waals surface area contributed by atoms with Crippen LogP contribution in [0, 0.1) is 11.7 Å². The monoisotopic (exact) mass is 477 g/mol. The smallest absolute Gasteiger partial charge is 0.228 e.